The first kappa shape index (κ1) is 23.2. The largest absolute Gasteiger partial charge is 0.341 e. The zero-order valence-electron chi connectivity index (χ0n) is 21.2. The molecule has 0 aliphatic heterocycles. The molecule has 2 atom stereocenters. The maximum atomic E-state index is 6.52. The average Bonchev–Trinajstić information content (AvgIpc) is 3.56. The zero-order chi connectivity index (χ0) is 24.9. The van der Waals surface area contributed by atoms with Gasteiger partial charge in [-0.05, 0) is 58.8 Å². The van der Waals surface area contributed by atoms with Gasteiger partial charge in [-0.2, -0.15) is 0 Å². The number of benzene rings is 2. The van der Waals surface area contributed by atoms with Gasteiger partial charge >= 0.3 is 0 Å². The molecular weight excluding hydrogens is 444 g/mol. The molecule has 0 radical (unpaired) electrons. The van der Waals surface area contributed by atoms with Crippen molar-refractivity contribution in [1.82, 2.24) is 19.9 Å². The molecule has 6 rings (SSSR count). The minimum absolute atomic E-state index is 0.0410. The Kier molecular flexibility index (Phi) is 5.61. The van der Waals surface area contributed by atoms with E-state index in [2.05, 4.69) is 82.3 Å². The van der Waals surface area contributed by atoms with Crippen LogP contribution in [0.1, 0.15) is 76.1 Å². The number of hydrogen-bond donors (Lipinski definition) is 4. The Bertz CT molecular complexity index is 1230. The van der Waals surface area contributed by atoms with E-state index in [0.29, 0.717) is 0 Å². The van der Waals surface area contributed by atoms with Crippen LogP contribution in [0, 0.1) is 10.8 Å². The van der Waals surface area contributed by atoms with Gasteiger partial charge in [0.2, 0.25) is 0 Å². The quantitative estimate of drug-likeness (QED) is 0.241. The summed E-state index contributed by atoms with van der Waals surface area (Å²) in [6.45, 7) is 4.53. The first-order valence-electron chi connectivity index (χ1n) is 13.2. The lowest BCUT2D eigenvalue weighted by Crippen LogP contribution is -2.38. The van der Waals surface area contributed by atoms with Gasteiger partial charge in [0.05, 0.1) is 35.9 Å². The van der Waals surface area contributed by atoms with Gasteiger partial charge in [0.15, 0.2) is 0 Å². The summed E-state index contributed by atoms with van der Waals surface area (Å²) in [6.07, 6.45) is 11.0. The minimum Gasteiger partial charge on any atom is -0.341 e. The normalized spacial score (nSPS) is 19.8. The molecule has 2 aromatic carbocycles. The summed E-state index contributed by atoms with van der Waals surface area (Å²) in [5.74, 6) is 1.77. The van der Waals surface area contributed by atoms with Crippen LogP contribution in [0.3, 0.4) is 0 Å². The molecule has 0 spiro atoms. The summed E-state index contributed by atoms with van der Waals surface area (Å²) in [6, 6.07) is 17.1. The smallest absolute Gasteiger partial charge is 0.124 e. The van der Waals surface area contributed by atoms with Gasteiger partial charge in [0.25, 0.3) is 0 Å². The number of aromatic nitrogens is 4. The van der Waals surface area contributed by atoms with Crippen LogP contribution in [0.2, 0.25) is 0 Å². The highest BCUT2D eigenvalue weighted by Crippen LogP contribution is 2.49. The number of H-pyrrole nitrogens is 2. The van der Waals surface area contributed by atoms with Gasteiger partial charge in [-0.25, -0.2) is 9.97 Å². The molecule has 0 amide bonds. The lowest BCUT2D eigenvalue weighted by Gasteiger charge is -2.42. The summed E-state index contributed by atoms with van der Waals surface area (Å²) >= 11 is 0. The summed E-state index contributed by atoms with van der Waals surface area (Å²) in [4.78, 5) is 16.1. The Morgan fingerprint density at radius 1 is 0.611 bits per heavy atom. The topological polar surface area (TPSA) is 109 Å². The second-order valence-electron chi connectivity index (χ2n) is 11.5. The van der Waals surface area contributed by atoms with Crippen molar-refractivity contribution in [2.45, 2.75) is 64.5 Å². The number of nitrogens with zero attached hydrogens (tertiary/aromatic N) is 2. The molecule has 2 aliphatic carbocycles. The summed E-state index contributed by atoms with van der Waals surface area (Å²) < 4.78 is 0. The van der Waals surface area contributed by atoms with Gasteiger partial charge in [-0.1, -0.05) is 75.2 Å². The molecule has 6 N–H and O–H groups in total. The molecular formula is C30H36N6. The van der Waals surface area contributed by atoms with E-state index in [9.17, 15) is 0 Å². The Morgan fingerprint density at radius 3 is 1.25 bits per heavy atom. The molecule has 2 aromatic heterocycles. The molecule has 0 bridgehead atoms. The third kappa shape index (κ3) is 3.98. The Balaban J connectivity index is 1.15. The predicted molar refractivity (Wildman–Crippen MR) is 145 cm³/mol. The predicted octanol–water partition coefficient (Wildman–Crippen LogP) is 6.51. The second kappa shape index (κ2) is 8.71. The van der Waals surface area contributed by atoms with Crippen molar-refractivity contribution >= 4 is 0 Å². The fraction of sp³-hybridized carbons (Fsp3) is 0.400. The van der Waals surface area contributed by atoms with E-state index >= 15 is 0 Å². The van der Waals surface area contributed by atoms with Crippen molar-refractivity contribution in [3.63, 3.8) is 0 Å². The number of aromatic amines is 2. The van der Waals surface area contributed by atoms with Gasteiger partial charge in [-0.3, -0.25) is 0 Å². The van der Waals surface area contributed by atoms with Crippen molar-refractivity contribution in [2.75, 3.05) is 0 Å². The van der Waals surface area contributed by atoms with E-state index in [-0.39, 0.29) is 22.9 Å². The number of rotatable bonds is 7. The Morgan fingerprint density at radius 2 is 0.944 bits per heavy atom. The van der Waals surface area contributed by atoms with Crippen LogP contribution in [0.5, 0.6) is 0 Å². The van der Waals surface area contributed by atoms with Crippen LogP contribution in [0.25, 0.3) is 33.6 Å². The van der Waals surface area contributed by atoms with E-state index in [1.54, 1.807) is 0 Å². The third-order valence-electron chi connectivity index (χ3n) is 9.00. The fourth-order valence-electron chi connectivity index (χ4n) is 5.72. The standard InChI is InChI=1S/C30H36N6/c1-29(13-3-14-29)25(31)27-33-17-23(35-27)21-9-5-19(6-10-21)20-7-11-22(12-8-20)24-18-34-28(36-24)26(32)30(2)15-4-16-30/h5-12,17-18,25-26H,3-4,13-16,31-32H2,1-2H3,(H,33,35)(H,34,36)/t25-,26-/m1/s1. The van der Waals surface area contributed by atoms with Crippen LogP contribution >= 0.6 is 0 Å². The highest BCUT2D eigenvalue weighted by Gasteiger charge is 2.40. The van der Waals surface area contributed by atoms with E-state index in [4.69, 9.17) is 11.5 Å². The highest BCUT2D eigenvalue weighted by atomic mass is 15.0. The van der Waals surface area contributed by atoms with Crippen LogP contribution in [0.15, 0.2) is 60.9 Å². The first-order valence-corrected chi connectivity index (χ1v) is 13.2. The number of imidazole rings is 2. The molecule has 186 valence electrons. The fourth-order valence-corrected chi connectivity index (χ4v) is 5.72. The van der Waals surface area contributed by atoms with E-state index in [1.807, 2.05) is 12.4 Å². The zero-order valence-corrected chi connectivity index (χ0v) is 21.2. The summed E-state index contributed by atoms with van der Waals surface area (Å²) in [5, 5.41) is 0. The molecule has 36 heavy (non-hydrogen) atoms. The van der Waals surface area contributed by atoms with Crippen LogP contribution < -0.4 is 11.5 Å². The molecule has 6 nitrogen and oxygen atoms in total. The molecule has 4 aromatic rings. The van der Waals surface area contributed by atoms with Crippen LogP contribution in [-0.2, 0) is 0 Å². The summed E-state index contributed by atoms with van der Waals surface area (Å²) in [5.41, 5.74) is 20.0. The number of hydrogen-bond acceptors (Lipinski definition) is 4. The van der Waals surface area contributed by atoms with Crippen molar-refractivity contribution in [3.8, 4) is 33.6 Å². The molecule has 2 fully saturated rings. The number of nitrogens with two attached hydrogens (primary N) is 2. The van der Waals surface area contributed by atoms with Crippen LogP contribution in [0.4, 0.5) is 0 Å². The van der Waals surface area contributed by atoms with Crippen molar-refractivity contribution in [1.29, 1.82) is 0 Å². The molecule has 0 saturated heterocycles. The average molecular weight is 481 g/mol. The third-order valence-corrected chi connectivity index (χ3v) is 9.00. The maximum Gasteiger partial charge on any atom is 0.124 e. The van der Waals surface area contributed by atoms with Gasteiger partial charge in [0.1, 0.15) is 11.6 Å². The lowest BCUT2D eigenvalue weighted by molar-refractivity contribution is 0.115. The van der Waals surface area contributed by atoms with Gasteiger partial charge < -0.3 is 21.4 Å². The molecule has 0 unspecified atom stereocenters. The monoisotopic (exact) mass is 480 g/mol. The molecule has 2 heterocycles. The lowest BCUT2D eigenvalue weighted by atomic mass is 9.65. The van der Waals surface area contributed by atoms with E-state index in [0.717, 1.165) is 34.2 Å². The second-order valence-corrected chi connectivity index (χ2v) is 11.5. The molecule has 6 heteroatoms. The van der Waals surface area contributed by atoms with E-state index < -0.39 is 0 Å². The maximum absolute atomic E-state index is 6.52. The Hall–Kier alpha value is -3.22. The first-order chi connectivity index (χ1) is 17.3. The van der Waals surface area contributed by atoms with Crippen molar-refractivity contribution < 1.29 is 0 Å². The number of nitrogens with one attached hydrogen (secondary N) is 2. The molecule has 2 aliphatic rings. The van der Waals surface area contributed by atoms with Crippen molar-refractivity contribution in [2.24, 2.45) is 22.3 Å². The van der Waals surface area contributed by atoms with Gasteiger partial charge in [0, 0.05) is 0 Å². The highest BCUT2D eigenvalue weighted by molar-refractivity contribution is 5.71. The minimum atomic E-state index is -0.0410. The SMILES string of the molecule is CC1([C@H](N)c2ncc(-c3ccc(-c4ccc(-c5cnc([C@@H](N)C6(C)CCC6)[nH]5)cc4)cc3)[nH]2)CCC1. The summed E-state index contributed by atoms with van der Waals surface area (Å²) in [7, 11) is 0. The Labute approximate surface area is 213 Å². The van der Waals surface area contributed by atoms with Crippen LogP contribution in [-0.4, -0.2) is 19.9 Å². The molecule has 2 saturated carbocycles. The van der Waals surface area contributed by atoms with Gasteiger partial charge in [-0.15, -0.1) is 0 Å². The van der Waals surface area contributed by atoms with E-state index in [1.165, 1.54) is 49.7 Å². The van der Waals surface area contributed by atoms with Crippen molar-refractivity contribution in [3.05, 3.63) is 72.6 Å².